The Bertz CT molecular complexity index is 716. The van der Waals surface area contributed by atoms with E-state index in [9.17, 15) is 14.0 Å². The Balaban J connectivity index is 1.51. The minimum Gasteiger partial charge on any atom is -0.355 e. The highest BCUT2D eigenvalue weighted by atomic mass is 19.1. The third-order valence-electron chi connectivity index (χ3n) is 4.19. The number of anilines is 1. The number of nitrogens with one attached hydrogen (secondary N) is 1. The van der Waals surface area contributed by atoms with Crippen molar-refractivity contribution in [2.24, 2.45) is 5.92 Å². The van der Waals surface area contributed by atoms with Gasteiger partial charge in [0.05, 0.1) is 5.92 Å². The van der Waals surface area contributed by atoms with Crippen molar-refractivity contribution in [2.75, 3.05) is 18.0 Å². The van der Waals surface area contributed by atoms with E-state index in [-0.39, 0.29) is 30.0 Å². The third-order valence-corrected chi connectivity index (χ3v) is 4.19. The van der Waals surface area contributed by atoms with Crippen molar-refractivity contribution in [1.29, 1.82) is 0 Å². The first-order valence-corrected chi connectivity index (χ1v) is 8.01. The number of nitrogens with zero attached hydrogens (tertiary/aromatic N) is 1. The van der Waals surface area contributed by atoms with Crippen molar-refractivity contribution in [1.82, 2.24) is 5.32 Å². The first-order chi connectivity index (χ1) is 11.6. The lowest BCUT2D eigenvalue weighted by molar-refractivity contribution is -0.126. The highest BCUT2D eigenvalue weighted by Crippen LogP contribution is 2.24. The molecule has 2 amide bonds. The lowest BCUT2D eigenvalue weighted by atomic mass is 10.1. The molecule has 24 heavy (non-hydrogen) atoms. The van der Waals surface area contributed by atoms with Gasteiger partial charge in [-0.15, -0.1) is 0 Å². The maximum Gasteiger partial charge on any atom is 0.227 e. The van der Waals surface area contributed by atoms with Gasteiger partial charge in [0.15, 0.2) is 0 Å². The molecule has 2 aromatic carbocycles. The minimum absolute atomic E-state index is 0.0279. The molecule has 0 aromatic heterocycles. The third kappa shape index (κ3) is 3.79. The molecule has 2 aromatic rings. The quantitative estimate of drug-likeness (QED) is 0.918. The summed E-state index contributed by atoms with van der Waals surface area (Å²) in [7, 11) is 0. The van der Waals surface area contributed by atoms with Crippen molar-refractivity contribution in [3.8, 4) is 0 Å². The summed E-state index contributed by atoms with van der Waals surface area (Å²) < 4.78 is 12.8. The molecule has 1 saturated heterocycles. The Hall–Kier alpha value is -2.69. The number of carbonyl (C=O) groups is 2. The van der Waals surface area contributed by atoms with Gasteiger partial charge in [-0.3, -0.25) is 9.59 Å². The molecule has 0 aliphatic carbocycles. The van der Waals surface area contributed by atoms with Crippen LogP contribution < -0.4 is 10.2 Å². The van der Waals surface area contributed by atoms with Gasteiger partial charge in [-0.1, -0.05) is 30.3 Å². The summed E-state index contributed by atoms with van der Waals surface area (Å²) in [5, 5.41) is 2.87. The Morgan fingerprint density at radius 3 is 2.54 bits per heavy atom. The predicted octanol–water partition coefficient (Wildman–Crippen LogP) is 2.54. The molecular formula is C19H19FN2O2. The van der Waals surface area contributed by atoms with E-state index < -0.39 is 0 Å². The van der Waals surface area contributed by atoms with Gasteiger partial charge in [-0.05, 0) is 36.2 Å². The Morgan fingerprint density at radius 1 is 1.12 bits per heavy atom. The van der Waals surface area contributed by atoms with Gasteiger partial charge >= 0.3 is 0 Å². The van der Waals surface area contributed by atoms with Gasteiger partial charge in [0.2, 0.25) is 11.8 Å². The summed E-state index contributed by atoms with van der Waals surface area (Å²) in [5.41, 5.74) is 1.79. The number of hydrogen-bond acceptors (Lipinski definition) is 2. The van der Waals surface area contributed by atoms with Gasteiger partial charge in [0, 0.05) is 25.2 Å². The number of halogens is 1. The number of rotatable bonds is 5. The van der Waals surface area contributed by atoms with Crippen LogP contribution in [-0.4, -0.2) is 24.9 Å². The molecule has 1 heterocycles. The van der Waals surface area contributed by atoms with Crippen LogP contribution in [0.2, 0.25) is 0 Å². The van der Waals surface area contributed by atoms with Gasteiger partial charge in [0.25, 0.3) is 0 Å². The first kappa shape index (κ1) is 16.2. The summed E-state index contributed by atoms with van der Waals surface area (Å²) >= 11 is 0. The molecule has 0 unspecified atom stereocenters. The normalized spacial score (nSPS) is 17.1. The maximum atomic E-state index is 12.8. The average Bonchev–Trinajstić information content (AvgIpc) is 2.99. The first-order valence-electron chi connectivity index (χ1n) is 8.01. The standard InChI is InChI=1S/C19H19FN2O2/c20-16-8-6-14(7-9-16)10-11-21-19(24)15-12-18(23)22(13-15)17-4-2-1-3-5-17/h1-9,15H,10-13H2,(H,21,24)/t15-/m0/s1. The Labute approximate surface area is 140 Å². The molecule has 5 heteroatoms. The molecule has 0 saturated carbocycles. The fourth-order valence-electron chi connectivity index (χ4n) is 2.87. The monoisotopic (exact) mass is 326 g/mol. The molecule has 3 rings (SSSR count). The van der Waals surface area contributed by atoms with Crippen LogP contribution in [0.25, 0.3) is 0 Å². The minimum atomic E-state index is -0.328. The second-order valence-electron chi connectivity index (χ2n) is 5.91. The highest BCUT2D eigenvalue weighted by Gasteiger charge is 2.34. The zero-order valence-corrected chi connectivity index (χ0v) is 13.2. The number of carbonyl (C=O) groups excluding carboxylic acids is 2. The molecular weight excluding hydrogens is 307 g/mol. The second-order valence-corrected chi connectivity index (χ2v) is 5.91. The highest BCUT2D eigenvalue weighted by molar-refractivity contribution is 6.00. The summed E-state index contributed by atoms with van der Waals surface area (Å²) in [4.78, 5) is 26.0. The predicted molar refractivity (Wildman–Crippen MR) is 90.0 cm³/mol. The maximum absolute atomic E-state index is 12.8. The van der Waals surface area contributed by atoms with E-state index in [1.54, 1.807) is 17.0 Å². The number of amides is 2. The molecule has 124 valence electrons. The van der Waals surface area contributed by atoms with E-state index in [0.717, 1.165) is 11.3 Å². The van der Waals surface area contributed by atoms with E-state index >= 15 is 0 Å². The molecule has 1 aliphatic rings. The van der Waals surface area contributed by atoms with Gasteiger partial charge < -0.3 is 10.2 Å². The van der Waals surface area contributed by atoms with Crippen LogP contribution in [0.4, 0.5) is 10.1 Å². The summed E-state index contributed by atoms with van der Waals surface area (Å²) in [6.45, 7) is 0.881. The van der Waals surface area contributed by atoms with Gasteiger partial charge in [0.1, 0.15) is 5.82 Å². The zero-order valence-electron chi connectivity index (χ0n) is 13.2. The summed E-state index contributed by atoms with van der Waals surface area (Å²) in [5.74, 6) is -0.733. The number of para-hydroxylation sites is 1. The van der Waals surface area contributed by atoms with Crippen LogP contribution in [0.15, 0.2) is 54.6 Å². The molecule has 4 nitrogen and oxygen atoms in total. The second kappa shape index (κ2) is 7.25. The SMILES string of the molecule is O=C(NCCc1ccc(F)cc1)[C@H]1CC(=O)N(c2ccccc2)C1. The largest absolute Gasteiger partial charge is 0.355 e. The molecule has 0 radical (unpaired) electrons. The van der Waals surface area contributed by atoms with E-state index in [0.29, 0.717) is 19.5 Å². The van der Waals surface area contributed by atoms with Crippen molar-refractivity contribution in [3.05, 3.63) is 66.0 Å². The Morgan fingerprint density at radius 2 is 1.83 bits per heavy atom. The van der Waals surface area contributed by atoms with Crippen LogP contribution in [0, 0.1) is 11.7 Å². The van der Waals surface area contributed by atoms with Crippen LogP contribution in [0.1, 0.15) is 12.0 Å². The molecule has 0 spiro atoms. The molecule has 1 aliphatic heterocycles. The van der Waals surface area contributed by atoms with Crippen molar-refractivity contribution < 1.29 is 14.0 Å². The van der Waals surface area contributed by atoms with Gasteiger partial charge in [-0.2, -0.15) is 0 Å². The number of benzene rings is 2. The summed E-state index contributed by atoms with van der Waals surface area (Å²) in [6.07, 6.45) is 0.867. The lowest BCUT2D eigenvalue weighted by Crippen LogP contribution is -2.34. The zero-order chi connectivity index (χ0) is 16.9. The molecule has 0 bridgehead atoms. The van der Waals surface area contributed by atoms with E-state index in [1.807, 2.05) is 30.3 Å². The van der Waals surface area contributed by atoms with Gasteiger partial charge in [-0.25, -0.2) is 4.39 Å². The Kier molecular flexibility index (Phi) is 4.89. The fraction of sp³-hybridized carbons (Fsp3) is 0.263. The van der Waals surface area contributed by atoms with E-state index in [4.69, 9.17) is 0 Å². The van der Waals surface area contributed by atoms with E-state index in [2.05, 4.69) is 5.32 Å². The van der Waals surface area contributed by atoms with Crippen molar-refractivity contribution >= 4 is 17.5 Å². The molecule has 1 atom stereocenters. The van der Waals surface area contributed by atoms with Crippen LogP contribution in [-0.2, 0) is 16.0 Å². The van der Waals surface area contributed by atoms with Crippen molar-refractivity contribution in [2.45, 2.75) is 12.8 Å². The fourth-order valence-corrected chi connectivity index (χ4v) is 2.87. The lowest BCUT2D eigenvalue weighted by Gasteiger charge is -2.16. The van der Waals surface area contributed by atoms with Crippen LogP contribution >= 0.6 is 0 Å². The number of hydrogen-bond donors (Lipinski definition) is 1. The van der Waals surface area contributed by atoms with Crippen molar-refractivity contribution in [3.63, 3.8) is 0 Å². The van der Waals surface area contributed by atoms with Crippen LogP contribution in [0.3, 0.4) is 0 Å². The average molecular weight is 326 g/mol. The van der Waals surface area contributed by atoms with E-state index in [1.165, 1.54) is 12.1 Å². The molecule has 1 N–H and O–H groups in total. The molecule has 1 fully saturated rings. The summed E-state index contributed by atoms with van der Waals surface area (Å²) in [6, 6.07) is 15.6. The smallest absolute Gasteiger partial charge is 0.227 e. The topological polar surface area (TPSA) is 49.4 Å². The van der Waals surface area contributed by atoms with Crippen LogP contribution in [0.5, 0.6) is 0 Å².